The Morgan fingerprint density at radius 3 is 1.80 bits per heavy atom. The summed E-state index contributed by atoms with van der Waals surface area (Å²) in [5, 5.41) is 9.76. The Morgan fingerprint density at radius 2 is 1.60 bits per heavy atom. The molecule has 0 fully saturated rings. The second-order valence-corrected chi connectivity index (χ2v) is 4.84. The molecule has 0 amide bonds. The Bertz CT molecular complexity index is 150. The molecule has 0 heterocycles. The van der Waals surface area contributed by atoms with Crippen LogP contribution in [0, 0.1) is 0 Å². The zero-order valence-electron chi connectivity index (χ0n) is 11.0. The first-order valence-electron chi connectivity index (χ1n) is 5.83. The minimum Gasteiger partial charge on any atom is -0.550 e. The van der Waals surface area contributed by atoms with Crippen molar-refractivity contribution in [3.8, 4) is 0 Å². The van der Waals surface area contributed by atoms with Crippen molar-refractivity contribution in [2.24, 2.45) is 0 Å². The molecule has 0 unspecified atom stereocenters. The van der Waals surface area contributed by atoms with E-state index in [0.29, 0.717) is 0 Å². The molecular weight excluding hydrogens is 190 g/mol. The monoisotopic (exact) mass is 217 g/mol. The molecule has 0 radical (unpaired) electrons. The lowest BCUT2D eigenvalue weighted by atomic mass is 10.2. The first-order valence-corrected chi connectivity index (χ1v) is 5.83. The van der Waals surface area contributed by atoms with Gasteiger partial charge in [-0.15, -0.1) is 0 Å². The van der Waals surface area contributed by atoms with Crippen molar-refractivity contribution in [3.63, 3.8) is 0 Å². The highest BCUT2D eigenvalue weighted by atomic mass is 16.4. The summed E-state index contributed by atoms with van der Waals surface area (Å²) in [6, 6.07) is 0. The van der Waals surface area contributed by atoms with Gasteiger partial charge < -0.3 is 14.4 Å². The minimum absolute atomic E-state index is 0.216. The van der Waals surface area contributed by atoms with Gasteiger partial charge in [-0.05, 0) is 19.3 Å². The van der Waals surface area contributed by atoms with Crippen LogP contribution in [0.25, 0.3) is 0 Å². The number of carboxylic acids is 1. The standard InChI is InChI=1S/C6H16N.C6H12O2/c1-5-6-7(2,3)4;1-2-3-4-5-6(7)8/h5-6H2,1-4H3;2-5H2,1H3,(H,7,8)/q+1;/p-1. The maximum Gasteiger partial charge on any atom is 0.0777 e. The van der Waals surface area contributed by atoms with Crippen molar-refractivity contribution in [1.29, 1.82) is 0 Å². The van der Waals surface area contributed by atoms with Crippen LogP contribution in [-0.2, 0) is 4.79 Å². The van der Waals surface area contributed by atoms with Crippen LogP contribution >= 0.6 is 0 Å². The summed E-state index contributed by atoms with van der Waals surface area (Å²) in [6.07, 6.45) is 4.32. The highest BCUT2D eigenvalue weighted by molar-refractivity contribution is 5.63. The lowest BCUT2D eigenvalue weighted by molar-refractivity contribution is -0.870. The van der Waals surface area contributed by atoms with Gasteiger partial charge in [0.2, 0.25) is 0 Å². The predicted octanol–water partition coefficient (Wildman–Crippen LogP) is 1.42. The fourth-order valence-electron chi connectivity index (χ4n) is 1.19. The zero-order valence-corrected chi connectivity index (χ0v) is 11.0. The summed E-state index contributed by atoms with van der Waals surface area (Å²) in [6.45, 7) is 5.53. The molecule has 0 saturated heterocycles. The highest BCUT2D eigenvalue weighted by Crippen LogP contribution is 1.96. The summed E-state index contributed by atoms with van der Waals surface area (Å²) in [5.41, 5.74) is 0. The van der Waals surface area contributed by atoms with E-state index in [9.17, 15) is 9.90 Å². The molecule has 3 heteroatoms. The summed E-state index contributed by atoms with van der Waals surface area (Å²) < 4.78 is 1.09. The smallest absolute Gasteiger partial charge is 0.0777 e. The van der Waals surface area contributed by atoms with E-state index in [4.69, 9.17) is 0 Å². The molecule has 0 bridgehead atoms. The largest absolute Gasteiger partial charge is 0.550 e. The van der Waals surface area contributed by atoms with Gasteiger partial charge in [0.1, 0.15) is 0 Å². The average Bonchev–Trinajstić information content (AvgIpc) is 2.02. The third-order valence-corrected chi connectivity index (χ3v) is 1.88. The maximum atomic E-state index is 9.76. The van der Waals surface area contributed by atoms with E-state index >= 15 is 0 Å². The summed E-state index contributed by atoms with van der Waals surface area (Å²) >= 11 is 0. The topological polar surface area (TPSA) is 40.1 Å². The van der Waals surface area contributed by atoms with Gasteiger partial charge in [-0.1, -0.05) is 26.7 Å². The molecule has 0 saturated carbocycles. The highest BCUT2D eigenvalue weighted by Gasteiger charge is 2.01. The number of aliphatic carboxylic acids is 1. The quantitative estimate of drug-likeness (QED) is 0.498. The Balaban J connectivity index is 0. The number of hydrogen-bond donors (Lipinski definition) is 0. The van der Waals surface area contributed by atoms with Crippen LogP contribution in [0.5, 0.6) is 0 Å². The minimum atomic E-state index is -0.932. The van der Waals surface area contributed by atoms with Crippen LogP contribution < -0.4 is 5.11 Å². The lowest BCUT2D eigenvalue weighted by Gasteiger charge is -2.22. The van der Waals surface area contributed by atoms with Crippen LogP contribution in [0.1, 0.15) is 46.0 Å². The van der Waals surface area contributed by atoms with E-state index in [1.165, 1.54) is 13.0 Å². The molecule has 0 atom stereocenters. The van der Waals surface area contributed by atoms with Crippen molar-refractivity contribution in [3.05, 3.63) is 0 Å². The molecule has 0 aliphatic rings. The third-order valence-electron chi connectivity index (χ3n) is 1.88. The van der Waals surface area contributed by atoms with E-state index in [-0.39, 0.29) is 6.42 Å². The molecule has 0 spiro atoms. The van der Waals surface area contributed by atoms with Crippen molar-refractivity contribution < 1.29 is 14.4 Å². The molecule has 15 heavy (non-hydrogen) atoms. The SMILES string of the molecule is CCCCCC(=O)[O-].CCC[N+](C)(C)C. The normalized spacial score (nSPS) is 10.5. The molecule has 0 N–H and O–H groups in total. The summed E-state index contributed by atoms with van der Waals surface area (Å²) in [7, 11) is 6.64. The van der Waals surface area contributed by atoms with Gasteiger partial charge in [-0.3, -0.25) is 0 Å². The molecule has 0 aliphatic carbocycles. The van der Waals surface area contributed by atoms with Gasteiger partial charge in [-0.2, -0.15) is 0 Å². The van der Waals surface area contributed by atoms with Crippen molar-refractivity contribution in [1.82, 2.24) is 0 Å². The van der Waals surface area contributed by atoms with Crippen LogP contribution in [0.3, 0.4) is 0 Å². The maximum absolute atomic E-state index is 9.76. The van der Waals surface area contributed by atoms with E-state index in [0.717, 1.165) is 23.7 Å². The molecule has 92 valence electrons. The molecule has 0 aromatic heterocycles. The van der Waals surface area contributed by atoms with Crippen LogP contribution in [0.4, 0.5) is 0 Å². The molecule has 0 aromatic rings. The zero-order chi connectivity index (χ0) is 12.3. The summed E-state index contributed by atoms with van der Waals surface area (Å²) in [4.78, 5) is 9.76. The van der Waals surface area contributed by atoms with E-state index in [1.54, 1.807) is 0 Å². The average molecular weight is 217 g/mol. The van der Waals surface area contributed by atoms with E-state index < -0.39 is 5.97 Å². The Morgan fingerprint density at radius 1 is 1.07 bits per heavy atom. The van der Waals surface area contributed by atoms with E-state index in [1.807, 2.05) is 6.92 Å². The third kappa shape index (κ3) is 24.7. The number of quaternary nitrogens is 1. The number of carbonyl (C=O) groups is 1. The first kappa shape index (κ1) is 16.8. The Kier molecular flexibility index (Phi) is 11.2. The Labute approximate surface area is 94.7 Å². The fourth-order valence-corrected chi connectivity index (χ4v) is 1.19. The van der Waals surface area contributed by atoms with Gasteiger partial charge in [0.15, 0.2) is 0 Å². The van der Waals surface area contributed by atoms with Gasteiger partial charge in [0.25, 0.3) is 0 Å². The van der Waals surface area contributed by atoms with Gasteiger partial charge in [0.05, 0.1) is 27.7 Å². The number of hydrogen-bond acceptors (Lipinski definition) is 2. The van der Waals surface area contributed by atoms with Crippen molar-refractivity contribution in [2.45, 2.75) is 46.0 Å². The Hall–Kier alpha value is -0.570. The predicted molar refractivity (Wildman–Crippen MR) is 62.3 cm³/mol. The molecule has 0 rings (SSSR count). The first-order chi connectivity index (χ1) is 6.83. The van der Waals surface area contributed by atoms with Crippen LogP contribution in [0.15, 0.2) is 0 Å². The number of carboxylic acid groups (broad SMARTS) is 1. The second kappa shape index (κ2) is 9.97. The van der Waals surface area contributed by atoms with Crippen molar-refractivity contribution >= 4 is 5.97 Å². The molecular formula is C12H27NO2. The van der Waals surface area contributed by atoms with Crippen LogP contribution in [0.2, 0.25) is 0 Å². The lowest BCUT2D eigenvalue weighted by Crippen LogP contribution is -2.34. The van der Waals surface area contributed by atoms with Gasteiger partial charge in [0, 0.05) is 5.97 Å². The molecule has 0 aliphatic heterocycles. The van der Waals surface area contributed by atoms with Gasteiger partial charge in [-0.25, -0.2) is 0 Å². The fraction of sp³-hybridized carbons (Fsp3) is 0.917. The number of carbonyl (C=O) groups excluding carboxylic acids is 1. The van der Waals surface area contributed by atoms with Crippen LogP contribution in [-0.4, -0.2) is 38.1 Å². The van der Waals surface area contributed by atoms with E-state index in [2.05, 4.69) is 28.1 Å². The summed E-state index contributed by atoms with van der Waals surface area (Å²) in [5.74, 6) is -0.932. The number of unbranched alkanes of at least 4 members (excludes halogenated alkanes) is 2. The second-order valence-electron chi connectivity index (χ2n) is 4.84. The number of rotatable bonds is 6. The molecule has 0 aromatic carbocycles. The molecule has 3 nitrogen and oxygen atoms in total. The number of nitrogens with zero attached hydrogens (tertiary/aromatic N) is 1. The van der Waals surface area contributed by atoms with Gasteiger partial charge >= 0.3 is 0 Å². The van der Waals surface area contributed by atoms with Crippen molar-refractivity contribution in [2.75, 3.05) is 27.7 Å².